The molecule has 0 aliphatic heterocycles. The van der Waals surface area contributed by atoms with E-state index in [0.29, 0.717) is 11.3 Å². The third-order valence-corrected chi connectivity index (χ3v) is 1.62. The SMILES string of the molecule is C=Cc1ccc(OC(C)(C)C)cc1F. The maximum Gasteiger partial charge on any atom is 0.134 e. The van der Waals surface area contributed by atoms with Crippen molar-refractivity contribution < 1.29 is 9.13 Å². The summed E-state index contributed by atoms with van der Waals surface area (Å²) in [6.45, 7) is 9.28. The highest BCUT2D eigenvalue weighted by atomic mass is 19.1. The lowest BCUT2D eigenvalue weighted by atomic mass is 10.1. The fraction of sp³-hybridized carbons (Fsp3) is 0.333. The molecule has 76 valence electrons. The molecule has 1 nitrogen and oxygen atoms in total. The zero-order chi connectivity index (χ0) is 10.8. The number of benzene rings is 1. The van der Waals surface area contributed by atoms with Crippen LogP contribution in [0.25, 0.3) is 6.08 Å². The maximum atomic E-state index is 13.3. The van der Waals surface area contributed by atoms with Crippen LogP contribution in [0.15, 0.2) is 24.8 Å². The standard InChI is InChI=1S/C12H15FO/c1-5-9-6-7-10(8-11(9)13)14-12(2,3)4/h5-8H,1H2,2-4H3. The third kappa shape index (κ3) is 2.87. The number of halogens is 1. The predicted molar refractivity (Wildman–Crippen MR) is 56.9 cm³/mol. The molecule has 0 aliphatic rings. The van der Waals surface area contributed by atoms with E-state index in [1.807, 2.05) is 20.8 Å². The average Bonchev–Trinajstić information content (AvgIpc) is 2.01. The fourth-order valence-electron chi connectivity index (χ4n) is 1.09. The summed E-state index contributed by atoms with van der Waals surface area (Å²) in [5, 5.41) is 0. The number of rotatable bonds is 2. The molecule has 0 amide bonds. The van der Waals surface area contributed by atoms with E-state index in [4.69, 9.17) is 4.74 Å². The van der Waals surface area contributed by atoms with E-state index in [2.05, 4.69) is 6.58 Å². The van der Waals surface area contributed by atoms with Gasteiger partial charge < -0.3 is 4.74 Å². The first-order valence-corrected chi connectivity index (χ1v) is 4.53. The Bertz CT molecular complexity index is 337. The summed E-state index contributed by atoms with van der Waals surface area (Å²) in [5.41, 5.74) is 0.188. The smallest absolute Gasteiger partial charge is 0.134 e. The van der Waals surface area contributed by atoms with Crippen LogP contribution in [0.2, 0.25) is 0 Å². The van der Waals surface area contributed by atoms with Crippen molar-refractivity contribution in [3.63, 3.8) is 0 Å². The fourth-order valence-corrected chi connectivity index (χ4v) is 1.09. The summed E-state index contributed by atoms with van der Waals surface area (Å²) in [5.74, 6) is 0.238. The molecule has 0 unspecified atom stereocenters. The van der Waals surface area contributed by atoms with Gasteiger partial charge in [0.25, 0.3) is 0 Å². The van der Waals surface area contributed by atoms with Gasteiger partial charge in [-0.05, 0) is 32.9 Å². The van der Waals surface area contributed by atoms with Crippen LogP contribution in [0.1, 0.15) is 26.3 Å². The van der Waals surface area contributed by atoms with Crippen molar-refractivity contribution in [3.8, 4) is 5.75 Å². The van der Waals surface area contributed by atoms with Gasteiger partial charge in [-0.15, -0.1) is 0 Å². The summed E-state index contributed by atoms with van der Waals surface area (Å²) in [6.07, 6.45) is 1.48. The minimum absolute atomic E-state index is 0.303. The molecule has 0 atom stereocenters. The van der Waals surface area contributed by atoms with Gasteiger partial charge in [0.1, 0.15) is 17.2 Å². The topological polar surface area (TPSA) is 9.23 Å². The number of hydrogen-bond acceptors (Lipinski definition) is 1. The van der Waals surface area contributed by atoms with E-state index in [9.17, 15) is 4.39 Å². The molecule has 1 aromatic rings. The second-order valence-electron chi connectivity index (χ2n) is 4.10. The average molecular weight is 194 g/mol. The molecule has 0 N–H and O–H groups in total. The largest absolute Gasteiger partial charge is 0.488 e. The van der Waals surface area contributed by atoms with E-state index >= 15 is 0 Å². The van der Waals surface area contributed by atoms with E-state index in [1.54, 1.807) is 12.1 Å². The van der Waals surface area contributed by atoms with Crippen LogP contribution in [0.3, 0.4) is 0 Å². The molecular weight excluding hydrogens is 179 g/mol. The van der Waals surface area contributed by atoms with Crippen LogP contribution in [0.4, 0.5) is 4.39 Å². The number of hydrogen-bond donors (Lipinski definition) is 0. The highest BCUT2D eigenvalue weighted by Crippen LogP contribution is 2.21. The van der Waals surface area contributed by atoms with Gasteiger partial charge in [0.05, 0.1) is 0 Å². The molecule has 0 fully saturated rings. The molecule has 0 aromatic heterocycles. The van der Waals surface area contributed by atoms with Crippen LogP contribution in [-0.2, 0) is 0 Å². The van der Waals surface area contributed by atoms with Crippen molar-refractivity contribution >= 4 is 6.08 Å². The lowest BCUT2D eigenvalue weighted by Gasteiger charge is -2.21. The quantitative estimate of drug-likeness (QED) is 0.698. The van der Waals surface area contributed by atoms with E-state index < -0.39 is 0 Å². The molecule has 0 saturated carbocycles. The molecule has 0 spiro atoms. The monoisotopic (exact) mass is 194 g/mol. The summed E-state index contributed by atoms with van der Waals surface area (Å²) in [6, 6.07) is 4.77. The van der Waals surface area contributed by atoms with Gasteiger partial charge in [-0.25, -0.2) is 4.39 Å². The lowest BCUT2D eigenvalue weighted by Crippen LogP contribution is -2.22. The van der Waals surface area contributed by atoms with Gasteiger partial charge in [-0.2, -0.15) is 0 Å². The Morgan fingerprint density at radius 3 is 2.43 bits per heavy atom. The van der Waals surface area contributed by atoms with Crippen molar-refractivity contribution in [2.75, 3.05) is 0 Å². The van der Waals surface area contributed by atoms with Gasteiger partial charge in [0.15, 0.2) is 0 Å². The third-order valence-electron chi connectivity index (χ3n) is 1.62. The van der Waals surface area contributed by atoms with Crippen molar-refractivity contribution in [3.05, 3.63) is 36.2 Å². The minimum atomic E-state index is -0.304. The summed E-state index contributed by atoms with van der Waals surface area (Å²) < 4.78 is 18.8. The Labute approximate surface area is 84.2 Å². The van der Waals surface area contributed by atoms with Crippen molar-refractivity contribution in [1.29, 1.82) is 0 Å². The minimum Gasteiger partial charge on any atom is -0.488 e. The van der Waals surface area contributed by atoms with Crippen LogP contribution in [0.5, 0.6) is 5.75 Å². The van der Waals surface area contributed by atoms with E-state index in [0.717, 1.165) is 0 Å². The first kappa shape index (κ1) is 10.8. The van der Waals surface area contributed by atoms with Gasteiger partial charge >= 0.3 is 0 Å². The second-order valence-corrected chi connectivity index (χ2v) is 4.10. The van der Waals surface area contributed by atoms with Gasteiger partial charge in [0, 0.05) is 11.6 Å². The highest BCUT2D eigenvalue weighted by molar-refractivity contribution is 5.49. The van der Waals surface area contributed by atoms with Gasteiger partial charge in [-0.1, -0.05) is 12.7 Å². The molecule has 14 heavy (non-hydrogen) atoms. The molecule has 0 saturated heterocycles. The molecule has 0 heterocycles. The van der Waals surface area contributed by atoms with Crippen molar-refractivity contribution in [2.45, 2.75) is 26.4 Å². The number of ether oxygens (including phenoxy) is 1. The molecule has 0 radical (unpaired) electrons. The van der Waals surface area contributed by atoms with Crippen LogP contribution in [-0.4, -0.2) is 5.60 Å². The Balaban J connectivity index is 2.92. The van der Waals surface area contributed by atoms with Crippen LogP contribution in [0, 0.1) is 5.82 Å². The summed E-state index contributed by atoms with van der Waals surface area (Å²) in [4.78, 5) is 0. The maximum absolute atomic E-state index is 13.3. The normalized spacial score (nSPS) is 11.1. The Hall–Kier alpha value is -1.31. The molecule has 0 aliphatic carbocycles. The van der Waals surface area contributed by atoms with E-state index in [-0.39, 0.29) is 11.4 Å². The summed E-state index contributed by atoms with van der Waals surface area (Å²) in [7, 11) is 0. The van der Waals surface area contributed by atoms with Crippen molar-refractivity contribution in [1.82, 2.24) is 0 Å². The molecule has 2 heteroatoms. The molecular formula is C12H15FO. The van der Waals surface area contributed by atoms with Crippen LogP contribution < -0.4 is 4.74 Å². The molecule has 1 rings (SSSR count). The van der Waals surface area contributed by atoms with Crippen molar-refractivity contribution in [2.24, 2.45) is 0 Å². The molecule has 0 bridgehead atoms. The zero-order valence-corrected chi connectivity index (χ0v) is 8.80. The first-order chi connectivity index (χ1) is 6.42. The Kier molecular flexibility index (Phi) is 2.94. The molecule has 1 aromatic carbocycles. The van der Waals surface area contributed by atoms with E-state index in [1.165, 1.54) is 12.1 Å². The first-order valence-electron chi connectivity index (χ1n) is 4.53. The summed E-state index contributed by atoms with van der Waals surface area (Å²) >= 11 is 0. The second kappa shape index (κ2) is 3.82. The Morgan fingerprint density at radius 2 is 2.00 bits per heavy atom. The highest BCUT2D eigenvalue weighted by Gasteiger charge is 2.12. The van der Waals surface area contributed by atoms with Gasteiger partial charge in [-0.3, -0.25) is 0 Å². The predicted octanol–water partition coefficient (Wildman–Crippen LogP) is 3.65. The lowest BCUT2D eigenvalue weighted by molar-refractivity contribution is 0.130. The van der Waals surface area contributed by atoms with Crippen LogP contribution >= 0.6 is 0 Å². The van der Waals surface area contributed by atoms with Gasteiger partial charge in [0.2, 0.25) is 0 Å². The Morgan fingerprint density at radius 1 is 1.36 bits per heavy atom. The zero-order valence-electron chi connectivity index (χ0n) is 8.80.